The Labute approximate surface area is 129 Å². The van der Waals surface area contributed by atoms with E-state index in [0.29, 0.717) is 6.54 Å². The zero-order valence-corrected chi connectivity index (χ0v) is 12.4. The van der Waals surface area contributed by atoms with Crippen LogP contribution in [0.1, 0.15) is 12.0 Å². The molecule has 7 nitrogen and oxygen atoms in total. The van der Waals surface area contributed by atoms with Gasteiger partial charge in [-0.2, -0.15) is 0 Å². The van der Waals surface area contributed by atoms with Crippen LogP contribution in [-0.4, -0.2) is 65.6 Å². The molecule has 7 heteroatoms. The Morgan fingerprint density at radius 2 is 2.27 bits per heavy atom. The molecule has 0 spiro atoms. The van der Waals surface area contributed by atoms with Gasteiger partial charge in [-0.1, -0.05) is 6.07 Å². The Balaban J connectivity index is 1.53. The minimum atomic E-state index is -0.530. The van der Waals surface area contributed by atoms with Crippen LogP contribution in [0.15, 0.2) is 24.5 Å². The maximum absolute atomic E-state index is 12.4. The molecular weight excluding hydrogens is 284 g/mol. The predicted octanol–water partition coefficient (Wildman–Crippen LogP) is 0.224. The molecule has 118 valence electrons. The largest absolute Gasteiger partial charge is 0.447 e. The molecular formula is C15H20N4O3. The van der Waals surface area contributed by atoms with E-state index in [-0.39, 0.29) is 12.5 Å². The molecule has 0 saturated carbocycles. The number of pyridine rings is 1. The summed E-state index contributed by atoms with van der Waals surface area (Å²) in [6, 6.07) is 3.47. The molecule has 1 aromatic heterocycles. The first-order valence-corrected chi connectivity index (χ1v) is 7.56. The number of alkyl carbamates (subject to hydrolysis) is 1. The molecule has 2 saturated heterocycles. The Morgan fingerprint density at radius 3 is 3.00 bits per heavy atom. The van der Waals surface area contributed by atoms with E-state index in [1.807, 2.05) is 17.2 Å². The van der Waals surface area contributed by atoms with E-state index in [1.54, 1.807) is 6.20 Å². The van der Waals surface area contributed by atoms with Gasteiger partial charge in [0.1, 0.15) is 12.6 Å². The molecule has 2 aliphatic heterocycles. The summed E-state index contributed by atoms with van der Waals surface area (Å²) >= 11 is 0. The van der Waals surface area contributed by atoms with Crippen LogP contribution in [0.5, 0.6) is 0 Å². The number of cyclic esters (lactones) is 1. The fourth-order valence-corrected chi connectivity index (χ4v) is 2.84. The molecule has 0 bridgehead atoms. The predicted molar refractivity (Wildman–Crippen MR) is 79.0 cm³/mol. The van der Waals surface area contributed by atoms with Gasteiger partial charge >= 0.3 is 6.09 Å². The van der Waals surface area contributed by atoms with Gasteiger partial charge < -0.3 is 15.0 Å². The first-order chi connectivity index (χ1) is 10.7. The molecule has 1 aromatic rings. The van der Waals surface area contributed by atoms with E-state index < -0.39 is 12.1 Å². The number of carbonyl (C=O) groups is 2. The molecule has 22 heavy (non-hydrogen) atoms. The van der Waals surface area contributed by atoms with Crippen molar-refractivity contribution in [3.05, 3.63) is 30.1 Å². The van der Waals surface area contributed by atoms with Crippen molar-refractivity contribution >= 4 is 12.0 Å². The lowest BCUT2D eigenvalue weighted by Gasteiger charge is -2.23. The van der Waals surface area contributed by atoms with Gasteiger partial charge in [0, 0.05) is 45.1 Å². The molecule has 0 aliphatic carbocycles. The molecule has 2 amide bonds. The standard InChI is InChI=1S/C15H20N4O3/c20-14(13-11-22-15(21)17-13)19-6-2-5-18(7-8-19)10-12-3-1-4-16-9-12/h1,3-4,9,13H,2,5-8,10-11H2,(H,17,21). The number of hydrogen-bond donors (Lipinski definition) is 1. The summed E-state index contributed by atoms with van der Waals surface area (Å²) in [4.78, 5) is 31.7. The van der Waals surface area contributed by atoms with Crippen molar-refractivity contribution in [2.75, 3.05) is 32.8 Å². The molecule has 1 N–H and O–H groups in total. The van der Waals surface area contributed by atoms with E-state index >= 15 is 0 Å². The van der Waals surface area contributed by atoms with E-state index in [1.165, 1.54) is 5.56 Å². The average Bonchev–Trinajstić information content (AvgIpc) is 2.83. The summed E-state index contributed by atoms with van der Waals surface area (Å²) in [7, 11) is 0. The van der Waals surface area contributed by atoms with Crippen molar-refractivity contribution in [3.63, 3.8) is 0 Å². The number of hydrogen-bond acceptors (Lipinski definition) is 5. The SMILES string of the molecule is O=C1NC(C(=O)N2CCCN(Cc3cccnc3)CC2)CO1. The molecule has 1 atom stereocenters. The quantitative estimate of drug-likeness (QED) is 0.865. The summed E-state index contributed by atoms with van der Waals surface area (Å²) in [5, 5.41) is 2.55. The van der Waals surface area contributed by atoms with Crippen LogP contribution in [0.4, 0.5) is 4.79 Å². The number of nitrogens with one attached hydrogen (secondary N) is 1. The van der Waals surface area contributed by atoms with E-state index in [9.17, 15) is 9.59 Å². The smallest absolute Gasteiger partial charge is 0.407 e. The van der Waals surface area contributed by atoms with Gasteiger partial charge in [-0.25, -0.2) is 4.79 Å². The monoisotopic (exact) mass is 304 g/mol. The first kappa shape index (κ1) is 14.8. The third-order valence-corrected chi connectivity index (χ3v) is 4.00. The van der Waals surface area contributed by atoms with E-state index in [2.05, 4.69) is 21.3 Å². The van der Waals surface area contributed by atoms with Crippen LogP contribution in [0.3, 0.4) is 0 Å². The van der Waals surface area contributed by atoms with E-state index in [0.717, 1.165) is 32.6 Å². The van der Waals surface area contributed by atoms with Crippen LogP contribution < -0.4 is 5.32 Å². The van der Waals surface area contributed by atoms with Crippen LogP contribution in [0.25, 0.3) is 0 Å². The number of amides is 2. The molecule has 3 rings (SSSR count). The lowest BCUT2D eigenvalue weighted by Crippen LogP contribution is -2.46. The molecule has 1 unspecified atom stereocenters. The Morgan fingerprint density at radius 1 is 1.36 bits per heavy atom. The zero-order chi connectivity index (χ0) is 15.4. The van der Waals surface area contributed by atoms with E-state index in [4.69, 9.17) is 4.74 Å². The zero-order valence-electron chi connectivity index (χ0n) is 12.4. The Bertz CT molecular complexity index is 537. The summed E-state index contributed by atoms with van der Waals surface area (Å²) in [5.74, 6) is -0.0472. The maximum atomic E-state index is 12.4. The second kappa shape index (κ2) is 6.74. The van der Waals surface area contributed by atoms with Crippen LogP contribution >= 0.6 is 0 Å². The third-order valence-electron chi connectivity index (χ3n) is 4.00. The van der Waals surface area contributed by atoms with Crippen LogP contribution in [0.2, 0.25) is 0 Å². The Kier molecular flexibility index (Phi) is 4.53. The summed E-state index contributed by atoms with van der Waals surface area (Å²) in [5.41, 5.74) is 1.18. The highest BCUT2D eigenvalue weighted by molar-refractivity contribution is 5.87. The molecule has 2 aliphatic rings. The third kappa shape index (κ3) is 3.54. The second-order valence-electron chi connectivity index (χ2n) is 5.61. The number of carbonyl (C=O) groups excluding carboxylic acids is 2. The highest BCUT2D eigenvalue weighted by Crippen LogP contribution is 2.10. The maximum Gasteiger partial charge on any atom is 0.407 e. The lowest BCUT2D eigenvalue weighted by atomic mass is 10.2. The minimum absolute atomic E-state index is 0.0472. The summed E-state index contributed by atoms with van der Waals surface area (Å²) in [6.45, 7) is 4.14. The molecule has 2 fully saturated rings. The molecule has 3 heterocycles. The first-order valence-electron chi connectivity index (χ1n) is 7.56. The van der Waals surface area contributed by atoms with Crippen molar-refractivity contribution in [1.82, 2.24) is 20.1 Å². The van der Waals surface area contributed by atoms with Crippen molar-refractivity contribution in [2.45, 2.75) is 19.0 Å². The number of rotatable bonds is 3. The van der Waals surface area contributed by atoms with Gasteiger partial charge in [-0.05, 0) is 18.1 Å². The fourth-order valence-electron chi connectivity index (χ4n) is 2.84. The van der Waals surface area contributed by atoms with Gasteiger partial charge in [0.15, 0.2) is 0 Å². The van der Waals surface area contributed by atoms with Crippen molar-refractivity contribution in [2.24, 2.45) is 0 Å². The number of aromatic nitrogens is 1. The van der Waals surface area contributed by atoms with Gasteiger partial charge in [0.2, 0.25) is 5.91 Å². The minimum Gasteiger partial charge on any atom is -0.447 e. The topological polar surface area (TPSA) is 74.8 Å². The fraction of sp³-hybridized carbons (Fsp3) is 0.533. The van der Waals surface area contributed by atoms with Gasteiger partial charge in [0.05, 0.1) is 0 Å². The average molecular weight is 304 g/mol. The molecule has 0 radical (unpaired) electrons. The Hall–Kier alpha value is -2.15. The highest BCUT2D eigenvalue weighted by Gasteiger charge is 2.32. The number of nitrogens with zero attached hydrogens (tertiary/aromatic N) is 3. The lowest BCUT2D eigenvalue weighted by molar-refractivity contribution is -0.133. The second-order valence-corrected chi connectivity index (χ2v) is 5.61. The van der Waals surface area contributed by atoms with Crippen molar-refractivity contribution in [1.29, 1.82) is 0 Å². The van der Waals surface area contributed by atoms with Gasteiger partial charge in [-0.3, -0.25) is 14.7 Å². The summed E-state index contributed by atoms with van der Waals surface area (Å²) < 4.78 is 4.79. The molecule has 0 aromatic carbocycles. The normalized spacial score (nSPS) is 22.8. The summed E-state index contributed by atoms with van der Waals surface area (Å²) in [6.07, 6.45) is 4.06. The van der Waals surface area contributed by atoms with Gasteiger partial charge in [0.25, 0.3) is 0 Å². The van der Waals surface area contributed by atoms with Crippen LogP contribution in [-0.2, 0) is 16.1 Å². The van der Waals surface area contributed by atoms with Crippen molar-refractivity contribution < 1.29 is 14.3 Å². The van der Waals surface area contributed by atoms with Crippen molar-refractivity contribution in [3.8, 4) is 0 Å². The van der Waals surface area contributed by atoms with Crippen LogP contribution in [0, 0.1) is 0 Å². The van der Waals surface area contributed by atoms with Gasteiger partial charge in [-0.15, -0.1) is 0 Å². The highest BCUT2D eigenvalue weighted by atomic mass is 16.6. The number of ether oxygens (including phenoxy) is 1.